The van der Waals surface area contributed by atoms with Crippen molar-refractivity contribution in [2.45, 2.75) is 46.6 Å². The number of aromatic nitrogens is 3. The predicted molar refractivity (Wildman–Crippen MR) is 130 cm³/mol. The van der Waals surface area contributed by atoms with Crippen molar-refractivity contribution in [2.75, 3.05) is 31.1 Å². The molecule has 7 nitrogen and oxygen atoms in total. The van der Waals surface area contributed by atoms with E-state index < -0.39 is 5.60 Å². The predicted octanol–water partition coefficient (Wildman–Crippen LogP) is 5.14. The molecule has 1 amide bonds. The molecule has 0 radical (unpaired) electrons. The summed E-state index contributed by atoms with van der Waals surface area (Å²) in [5, 5.41) is 1.70. The van der Waals surface area contributed by atoms with Crippen LogP contribution < -0.4 is 4.90 Å². The second kappa shape index (κ2) is 7.62. The number of imidazole rings is 1. The first-order chi connectivity index (χ1) is 15.6. The number of aryl methyl sites for hydroxylation is 1. The fourth-order valence-electron chi connectivity index (χ4n) is 5.00. The average Bonchev–Trinajstić information content (AvgIpc) is 3.34. The van der Waals surface area contributed by atoms with Crippen LogP contribution in [0.2, 0.25) is 5.02 Å². The number of likely N-dealkylation sites (tertiary alicyclic amines) is 1. The number of amides is 1. The van der Waals surface area contributed by atoms with Crippen molar-refractivity contribution >= 4 is 34.4 Å². The van der Waals surface area contributed by atoms with Gasteiger partial charge in [-0.15, -0.1) is 0 Å². The zero-order valence-corrected chi connectivity index (χ0v) is 20.6. The first kappa shape index (κ1) is 22.0. The molecule has 5 rings (SSSR count). The van der Waals surface area contributed by atoms with E-state index in [-0.39, 0.29) is 11.5 Å². The first-order valence-corrected chi connectivity index (χ1v) is 11.8. The maximum atomic E-state index is 12.4. The molecule has 1 aromatic carbocycles. The summed E-state index contributed by atoms with van der Waals surface area (Å²) < 4.78 is 7.57. The van der Waals surface area contributed by atoms with Crippen LogP contribution in [0.25, 0.3) is 16.6 Å². The number of pyridine rings is 1. The molecule has 0 saturated carbocycles. The van der Waals surface area contributed by atoms with Gasteiger partial charge in [0.05, 0.1) is 10.5 Å². The second-order valence-corrected chi connectivity index (χ2v) is 10.8. The minimum Gasteiger partial charge on any atom is -0.444 e. The number of halogens is 1. The van der Waals surface area contributed by atoms with E-state index in [1.165, 1.54) is 0 Å². The molecule has 1 spiro atoms. The van der Waals surface area contributed by atoms with Gasteiger partial charge in [-0.05, 0) is 59.2 Å². The van der Waals surface area contributed by atoms with Crippen molar-refractivity contribution in [3.8, 4) is 5.69 Å². The van der Waals surface area contributed by atoms with E-state index >= 15 is 0 Å². The van der Waals surface area contributed by atoms with Gasteiger partial charge in [-0.1, -0.05) is 11.6 Å². The standard InChI is InChI=1S/C25H30ClN5O2/c1-16-21(26)19-7-6-18(31-11-9-27-17(31)2)12-20(19)28-22(16)29-10-8-25(13-29)14-30(15-25)23(32)33-24(3,4)5/h6-7,9,11-12H,8,10,13-15H2,1-5H3. The van der Waals surface area contributed by atoms with E-state index in [2.05, 4.69) is 16.0 Å². The number of carbonyl (C=O) groups excluding carboxylic acids is 1. The number of anilines is 1. The van der Waals surface area contributed by atoms with Gasteiger partial charge in [0.15, 0.2) is 0 Å². The van der Waals surface area contributed by atoms with Gasteiger partial charge in [-0.25, -0.2) is 14.8 Å². The number of hydrogen-bond acceptors (Lipinski definition) is 5. The highest BCUT2D eigenvalue weighted by molar-refractivity contribution is 6.36. The van der Waals surface area contributed by atoms with Gasteiger partial charge in [0, 0.05) is 60.6 Å². The van der Waals surface area contributed by atoms with E-state index in [1.54, 1.807) is 6.20 Å². The minimum absolute atomic E-state index is 0.0994. The highest BCUT2D eigenvalue weighted by Crippen LogP contribution is 2.43. The summed E-state index contributed by atoms with van der Waals surface area (Å²) in [6, 6.07) is 6.15. The molecule has 3 aromatic rings. The SMILES string of the molecule is Cc1c(N2CCC3(CN(C(=O)OC(C)(C)C)C3)C2)nc2cc(-n3ccnc3C)ccc2c1Cl. The molecular weight excluding hydrogens is 438 g/mol. The maximum Gasteiger partial charge on any atom is 0.410 e. The Morgan fingerprint density at radius 1 is 1.18 bits per heavy atom. The monoisotopic (exact) mass is 467 g/mol. The Bertz CT molecular complexity index is 1240. The number of rotatable bonds is 2. The van der Waals surface area contributed by atoms with Crippen molar-refractivity contribution in [3.63, 3.8) is 0 Å². The van der Waals surface area contributed by atoms with Crippen molar-refractivity contribution in [1.82, 2.24) is 19.4 Å². The zero-order chi connectivity index (χ0) is 23.5. The Hall–Kier alpha value is -2.80. The van der Waals surface area contributed by atoms with Crippen LogP contribution in [-0.2, 0) is 4.74 Å². The van der Waals surface area contributed by atoms with Gasteiger partial charge in [0.1, 0.15) is 17.2 Å². The number of nitrogens with zero attached hydrogens (tertiary/aromatic N) is 5. The van der Waals surface area contributed by atoms with E-state index in [0.717, 1.165) is 71.4 Å². The highest BCUT2D eigenvalue weighted by atomic mass is 35.5. The lowest BCUT2D eigenvalue weighted by molar-refractivity contribution is -0.0266. The summed E-state index contributed by atoms with van der Waals surface area (Å²) in [7, 11) is 0. The molecule has 174 valence electrons. The van der Waals surface area contributed by atoms with Gasteiger partial charge >= 0.3 is 6.09 Å². The zero-order valence-electron chi connectivity index (χ0n) is 19.9. The van der Waals surface area contributed by atoms with Crippen molar-refractivity contribution < 1.29 is 9.53 Å². The molecule has 33 heavy (non-hydrogen) atoms. The van der Waals surface area contributed by atoms with Crippen LogP contribution >= 0.6 is 11.6 Å². The molecule has 0 N–H and O–H groups in total. The Labute approximate surface area is 199 Å². The Balaban J connectivity index is 1.38. The number of hydrogen-bond donors (Lipinski definition) is 0. The van der Waals surface area contributed by atoms with Crippen LogP contribution in [0, 0.1) is 19.3 Å². The quantitative estimate of drug-likeness (QED) is 0.522. The molecule has 0 atom stereocenters. The normalized spacial score (nSPS) is 17.6. The van der Waals surface area contributed by atoms with Gasteiger partial charge in [0.25, 0.3) is 0 Å². The molecule has 2 saturated heterocycles. The molecule has 0 bridgehead atoms. The lowest BCUT2D eigenvalue weighted by Crippen LogP contribution is -2.60. The summed E-state index contributed by atoms with van der Waals surface area (Å²) in [6.07, 6.45) is 4.54. The summed E-state index contributed by atoms with van der Waals surface area (Å²) >= 11 is 6.81. The van der Waals surface area contributed by atoms with E-state index in [4.69, 9.17) is 21.3 Å². The third kappa shape index (κ3) is 3.92. The van der Waals surface area contributed by atoms with Crippen molar-refractivity contribution in [3.05, 3.63) is 47.0 Å². The molecule has 2 aliphatic rings. The van der Waals surface area contributed by atoms with Crippen LogP contribution in [-0.4, -0.2) is 57.3 Å². The van der Waals surface area contributed by atoms with Gasteiger partial charge < -0.3 is 19.1 Å². The third-order valence-electron chi connectivity index (χ3n) is 6.65. The number of ether oxygens (including phenoxy) is 1. The molecule has 2 fully saturated rings. The molecule has 2 aliphatic heterocycles. The van der Waals surface area contributed by atoms with Crippen LogP contribution in [0.1, 0.15) is 38.6 Å². The minimum atomic E-state index is -0.474. The first-order valence-electron chi connectivity index (χ1n) is 11.4. The molecule has 8 heteroatoms. The third-order valence-corrected chi connectivity index (χ3v) is 7.14. The lowest BCUT2D eigenvalue weighted by Gasteiger charge is -2.47. The fraction of sp³-hybridized carbons (Fsp3) is 0.480. The topological polar surface area (TPSA) is 63.5 Å². The summed E-state index contributed by atoms with van der Waals surface area (Å²) in [5.41, 5.74) is 2.51. The van der Waals surface area contributed by atoms with Crippen molar-refractivity contribution in [1.29, 1.82) is 0 Å². The number of fused-ring (bicyclic) bond motifs is 1. The summed E-state index contributed by atoms with van der Waals surface area (Å²) in [5.74, 6) is 1.85. The van der Waals surface area contributed by atoms with E-state index in [1.807, 2.05) is 62.4 Å². The van der Waals surface area contributed by atoms with Gasteiger partial charge in [0.2, 0.25) is 0 Å². The smallest absolute Gasteiger partial charge is 0.410 e. The van der Waals surface area contributed by atoms with E-state index in [9.17, 15) is 4.79 Å². The Morgan fingerprint density at radius 2 is 1.94 bits per heavy atom. The second-order valence-electron chi connectivity index (χ2n) is 10.4. The Kier molecular flexibility index (Phi) is 5.08. The lowest BCUT2D eigenvalue weighted by atomic mass is 9.79. The molecule has 0 unspecified atom stereocenters. The molecule has 2 aromatic heterocycles. The molecular formula is C25H30ClN5O2. The summed E-state index contributed by atoms with van der Waals surface area (Å²) in [4.78, 5) is 25.9. The Morgan fingerprint density at radius 3 is 2.61 bits per heavy atom. The number of benzene rings is 1. The maximum absolute atomic E-state index is 12.4. The van der Waals surface area contributed by atoms with Crippen LogP contribution in [0.15, 0.2) is 30.6 Å². The highest BCUT2D eigenvalue weighted by Gasteiger charge is 2.50. The molecule has 0 aliphatic carbocycles. The van der Waals surface area contributed by atoms with Crippen LogP contribution in [0.3, 0.4) is 0 Å². The van der Waals surface area contributed by atoms with E-state index in [0.29, 0.717) is 0 Å². The van der Waals surface area contributed by atoms with Gasteiger partial charge in [-0.3, -0.25) is 0 Å². The largest absolute Gasteiger partial charge is 0.444 e. The molecule has 4 heterocycles. The fourth-order valence-corrected chi connectivity index (χ4v) is 5.24. The van der Waals surface area contributed by atoms with Crippen LogP contribution in [0.5, 0.6) is 0 Å². The summed E-state index contributed by atoms with van der Waals surface area (Å²) in [6.45, 7) is 12.9. The number of carbonyl (C=O) groups is 1. The van der Waals surface area contributed by atoms with Crippen LogP contribution in [0.4, 0.5) is 10.6 Å². The van der Waals surface area contributed by atoms with Crippen molar-refractivity contribution in [2.24, 2.45) is 5.41 Å². The van der Waals surface area contributed by atoms with Gasteiger partial charge in [-0.2, -0.15) is 0 Å². The average molecular weight is 468 g/mol.